The summed E-state index contributed by atoms with van der Waals surface area (Å²) in [6, 6.07) is 7.05. The van der Waals surface area contributed by atoms with Crippen LogP contribution in [0.5, 0.6) is 0 Å². The minimum absolute atomic E-state index is 0.131. The molecule has 1 fully saturated rings. The van der Waals surface area contributed by atoms with Crippen molar-refractivity contribution in [2.75, 3.05) is 11.9 Å². The van der Waals surface area contributed by atoms with Gasteiger partial charge in [-0.25, -0.2) is 4.68 Å². The van der Waals surface area contributed by atoms with E-state index in [4.69, 9.17) is 16.3 Å². The lowest BCUT2D eigenvalue weighted by Crippen LogP contribution is -2.23. The molecule has 1 amide bonds. The maximum Gasteiger partial charge on any atom is 0.237 e. The fourth-order valence-corrected chi connectivity index (χ4v) is 3.39. The van der Waals surface area contributed by atoms with Crippen LogP contribution in [0.3, 0.4) is 0 Å². The molecule has 9 heteroatoms. The number of tetrazole rings is 1. The zero-order chi connectivity index (χ0) is 16.9. The van der Waals surface area contributed by atoms with Crippen LogP contribution in [-0.2, 0) is 16.1 Å². The number of rotatable bonds is 6. The van der Waals surface area contributed by atoms with Crippen LogP contribution in [0.2, 0.25) is 5.02 Å². The van der Waals surface area contributed by atoms with E-state index in [9.17, 15) is 4.79 Å². The predicted octanol–water partition coefficient (Wildman–Crippen LogP) is 2.62. The number of carbonyl (C=O) groups is 1. The van der Waals surface area contributed by atoms with E-state index in [2.05, 4.69) is 20.8 Å². The van der Waals surface area contributed by atoms with Gasteiger partial charge in [0.05, 0.1) is 17.9 Å². The van der Waals surface area contributed by atoms with Crippen molar-refractivity contribution in [1.82, 2.24) is 20.2 Å². The Labute approximate surface area is 149 Å². The van der Waals surface area contributed by atoms with Gasteiger partial charge < -0.3 is 10.1 Å². The number of hydrogen-bond acceptors (Lipinski definition) is 6. The number of benzene rings is 1. The number of nitrogens with zero attached hydrogens (tertiary/aromatic N) is 4. The molecule has 1 aromatic heterocycles. The van der Waals surface area contributed by atoms with Gasteiger partial charge >= 0.3 is 0 Å². The van der Waals surface area contributed by atoms with Gasteiger partial charge in [-0.05, 0) is 48.4 Å². The van der Waals surface area contributed by atoms with Gasteiger partial charge in [0.2, 0.25) is 11.1 Å². The predicted molar refractivity (Wildman–Crippen MR) is 92.2 cm³/mol. The molecular formula is C15H18ClN5O2S. The molecule has 0 spiro atoms. The third kappa shape index (κ3) is 4.46. The molecule has 2 aromatic rings. The third-order valence-electron chi connectivity index (χ3n) is 3.64. The second-order valence-corrected chi connectivity index (χ2v) is 7.28. The van der Waals surface area contributed by atoms with Crippen molar-refractivity contribution in [3.8, 4) is 0 Å². The Bertz CT molecular complexity index is 705. The molecule has 7 nitrogen and oxygen atoms in total. The zero-order valence-electron chi connectivity index (χ0n) is 13.2. The van der Waals surface area contributed by atoms with Crippen molar-refractivity contribution in [1.29, 1.82) is 0 Å². The first-order chi connectivity index (χ1) is 11.6. The molecule has 2 heterocycles. The van der Waals surface area contributed by atoms with Gasteiger partial charge in [0.15, 0.2) is 0 Å². The molecule has 0 aliphatic carbocycles. The summed E-state index contributed by atoms with van der Waals surface area (Å²) in [5, 5.41) is 15.4. The fourth-order valence-electron chi connectivity index (χ4n) is 2.40. The summed E-state index contributed by atoms with van der Waals surface area (Å²) < 4.78 is 7.30. The molecule has 1 aliphatic heterocycles. The number of anilines is 1. The smallest absolute Gasteiger partial charge is 0.237 e. The van der Waals surface area contributed by atoms with Crippen molar-refractivity contribution in [3.05, 3.63) is 29.3 Å². The quantitative estimate of drug-likeness (QED) is 0.790. The van der Waals surface area contributed by atoms with Crippen molar-refractivity contribution >= 4 is 35.0 Å². The highest BCUT2D eigenvalue weighted by Gasteiger charge is 2.22. The van der Waals surface area contributed by atoms with Crippen LogP contribution in [-0.4, -0.2) is 44.1 Å². The van der Waals surface area contributed by atoms with Crippen LogP contribution in [0.4, 0.5) is 5.69 Å². The number of hydrogen-bond donors (Lipinski definition) is 1. The number of carbonyl (C=O) groups excluding carboxylic acids is 1. The summed E-state index contributed by atoms with van der Waals surface area (Å²) in [5.74, 6) is -0.131. The molecule has 24 heavy (non-hydrogen) atoms. The molecule has 0 radical (unpaired) electrons. The molecule has 1 N–H and O–H groups in total. The lowest BCUT2D eigenvalue weighted by molar-refractivity contribution is -0.115. The van der Waals surface area contributed by atoms with Crippen LogP contribution in [0.25, 0.3) is 0 Å². The van der Waals surface area contributed by atoms with Crippen LogP contribution in [0, 0.1) is 0 Å². The summed E-state index contributed by atoms with van der Waals surface area (Å²) >= 11 is 7.24. The van der Waals surface area contributed by atoms with Gasteiger partial charge in [0.25, 0.3) is 0 Å². The lowest BCUT2D eigenvalue weighted by Gasteiger charge is -2.13. The third-order valence-corrected chi connectivity index (χ3v) is 4.95. The highest BCUT2D eigenvalue weighted by molar-refractivity contribution is 8.00. The normalized spacial score (nSPS) is 18.5. The Morgan fingerprint density at radius 1 is 1.58 bits per heavy atom. The summed E-state index contributed by atoms with van der Waals surface area (Å²) in [5.41, 5.74) is 0.666. The molecular weight excluding hydrogens is 350 g/mol. The van der Waals surface area contributed by atoms with Crippen LogP contribution in [0.15, 0.2) is 29.4 Å². The molecule has 1 saturated heterocycles. The maximum atomic E-state index is 12.3. The number of halogens is 1. The molecule has 1 aliphatic rings. The minimum atomic E-state index is -0.349. The van der Waals surface area contributed by atoms with Gasteiger partial charge in [-0.1, -0.05) is 29.4 Å². The summed E-state index contributed by atoms with van der Waals surface area (Å²) in [6.07, 6.45) is 2.21. The Balaban J connectivity index is 1.59. The largest absolute Gasteiger partial charge is 0.376 e. The van der Waals surface area contributed by atoms with Gasteiger partial charge in [-0.2, -0.15) is 0 Å². The number of thioether (sulfide) groups is 1. The van der Waals surface area contributed by atoms with Gasteiger partial charge in [-0.3, -0.25) is 4.79 Å². The molecule has 2 atom stereocenters. The SMILES string of the molecule is CC(Sc1nnnn1CC1CCCO1)C(=O)Nc1cccc(Cl)c1. The molecule has 128 valence electrons. The zero-order valence-corrected chi connectivity index (χ0v) is 14.8. The van der Waals surface area contributed by atoms with E-state index >= 15 is 0 Å². The van der Waals surface area contributed by atoms with Crippen LogP contribution >= 0.6 is 23.4 Å². The summed E-state index contributed by atoms with van der Waals surface area (Å²) in [7, 11) is 0. The van der Waals surface area contributed by atoms with E-state index in [1.807, 2.05) is 6.92 Å². The monoisotopic (exact) mass is 367 g/mol. The van der Waals surface area contributed by atoms with Crippen molar-refractivity contribution < 1.29 is 9.53 Å². The van der Waals surface area contributed by atoms with Crippen molar-refractivity contribution in [2.24, 2.45) is 0 Å². The standard InChI is InChI=1S/C15H18ClN5O2S/c1-10(14(22)17-12-5-2-4-11(16)8-12)24-15-18-19-20-21(15)9-13-6-3-7-23-13/h2,4-5,8,10,13H,3,6-7,9H2,1H3,(H,17,22). The van der Waals surface area contributed by atoms with E-state index in [0.717, 1.165) is 19.4 Å². The first-order valence-electron chi connectivity index (χ1n) is 7.72. The Morgan fingerprint density at radius 2 is 2.46 bits per heavy atom. The maximum absolute atomic E-state index is 12.3. The molecule has 2 unspecified atom stereocenters. The average Bonchev–Trinajstić information content (AvgIpc) is 3.20. The molecule has 3 rings (SSSR count). The topological polar surface area (TPSA) is 81.9 Å². The number of aromatic nitrogens is 4. The molecule has 0 bridgehead atoms. The Morgan fingerprint density at radius 3 is 3.21 bits per heavy atom. The first-order valence-corrected chi connectivity index (χ1v) is 8.98. The Hall–Kier alpha value is -1.64. The molecule has 0 saturated carbocycles. The summed E-state index contributed by atoms with van der Waals surface area (Å²) in [4.78, 5) is 12.3. The minimum Gasteiger partial charge on any atom is -0.376 e. The highest BCUT2D eigenvalue weighted by atomic mass is 35.5. The van der Waals surface area contributed by atoms with E-state index in [1.165, 1.54) is 11.8 Å². The Kier molecular flexibility index (Phi) is 5.70. The van der Waals surface area contributed by atoms with E-state index < -0.39 is 0 Å². The van der Waals surface area contributed by atoms with E-state index in [-0.39, 0.29) is 17.3 Å². The lowest BCUT2D eigenvalue weighted by atomic mass is 10.2. The highest BCUT2D eigenvalue weighted by Crippen LogP contribution is 2.24. The number of ether oxygens (including phenoxy) is 1. The second-order valence-electron chi connectivity index (χ2n) is 5.54. The second kappa shape index (κ2) is 7.96. The first kappa shape index (κ1) is 17.2. The number of nitrogens with one attached hydrogen (secondary N) is 1. The van der Waals surface area contributed by atoms with Crippen LogP contribution < -0.4 is 5.32 Å². The van der Waals surface area contributed by atoms with Gasteiger partial charge in [0.1, 0.15) is 0 Å². The summed E-state index contributed by atoms with van der Waals surface area (Å²) in [6.45, 7) is 3.21. The van der Waals surface area contributed by atoms with E-state index in [1.54, 1.807) is 28.9 Å². The van der Waals surface area contributed by atoms with Crippen molar-refractivity contribution in [3.63, 3.8) is 0 Å². The van der Waals surface area contributed by atoms with Gasteiger partial charge in [-0.15, -0.1) is 5.10 Å². The number of amides is 1. The van der Waals surface area contributed by atoms with E-state index in [0.29, 0.717) is 22.4 Å². The molecule has 1 aromatic carbocycles. The average molecular weight is 368 g/mol. The van der Waals surface area contributed by atoms with Crippen molar-refractivity contribution in [2.45, 2.75) is 42.8 Å². The van der Waals surface area contributed by atoms with Gasteiger partial charge in [0, 0.05) is 17.3 Å². The van der Waals surface area contributed by atoms with Crippen LogP contribution in [0.1, 0.15) is 19.8 Å². The fraction of sp³-hybridized carbons (Fsp3) is 0.467.